The maximum atomic E-state index is 12.9. The number of amides is 2. The summed E-state index contributed by atoms with van der Waals surface area (Å²) in [5.74, 6) is -0.702. The second-order valence-corrected chi connectivity index (χ2v) is 12.3. The van der Waals surface area contributed by atoms with Crippen LogP contribution in [0.15, 0.2) is 36.4 Å². The molecule has 0 bridgehead atoms. The Morgan fingerprint density at radius 3 is 2.49 bits per heavy atom. The summed E-state index contributed by atoms with van der Waals surface area (Å²) in [6.45, 7) is 3.73. The number of pyridine rings is 1. The number of piperidine rings is 2. The standard InChI is InChI=1S/C28H35ClN4O5S/c1-2-8-25(34)22-17-23(29)27(30-24(22)18-33-14-7-6-11-26(33)35)32-15-12-21(13-16-32)28(36)31-39(37,38)19-20-9-4-3-5-10-20/h3-5,9-10,17,21H,2,6-8,11-16,18-19H2,1H3,(H,31,36). The van der Waals surface area contributed by atoms with E-state index in [0.29, 0.717) is 79.4 Å². The van der Waals surface area contributed by atoms with Gasteiger partial charge < -0.3 is 9.80 Å². The Balaban J connectivity index is 1.45. The lowest BCUT2D eigenvalue weighted by Gasteiger charge is -2.33. The van der Waals surface area contributed by atoms with Crippen LogP contribution in [0.1, 0.15) is 73.5 Å². The number of Topliss-reactive ketones (excluding diaryl/α,β-unsaturated/α-hetero) is 1. The Hall–Kier alpha value is -2.98. The molecule has 2 aliphatic rings. The van der Waals surface area contributed by atoms with Crippen molar-refractivity contribution in [3.05, 3.63) is 58.2 Å². The van der Waals surface area contributed by atoms with Crippen LogP contribution in [0.4, 0.5) is 5.82 Å². The molecule has 1 N–H and O–H groups in total. The van der Waals surface area contributed by atoms with Gasteiger partial charge in [-0.2, -0.15) is 0 Å². The van der Waals surface area contributed by atoms with Gasteiger partial charge in [0.15, 0.2) is 5.78 Å². The number of nitrogens with zero attached hydrogens (tertiary/aromatic N) is 3. The average Bonchev–Trinajstić information content (AvgIpc) is 2.91. The highest BCUT2D eigenvalue weighted by Gasteiger charge is 2.30. The molecular formula is C28H35ClN4O5S. The van der Waals surface area contributed by atoms with E-state index in [4.69, 9.17) is 16.6 Å². The third-order valence-corrected chi connectivity index (χ3v) is 8.70. The van der Waals surface area contributed by atoms with Crippen molar-refractivity contribution in [3.63, 3.8) is 0 Å². The average molecular weight is 575 g/mol. The summed E-state index contributed by atoms with van der Waals surface area (Å²) in [7, 11) is -3.81. The largest absolute Gasteiger partial charge is 0.355 e. The molecule has 0 saturated carbocycles. The second kappa shape index (κ2) is 12.9. The third-order valence-electron chi connectivity index (χ3n) is 7.20. The van der Waals surface area contributed by atoms with Crippen LogP contribution >= 0.6 is 11.6 Å². The van der Waals surface area contributed by atoms with E-state index in [9.17, 15) is 22.8 Å². The van der Waals surface area contributed by atoms with Crippen molar-refractivity contribution in [2.45, 2.75) is 64.2 Å². The van der Waals surface area contributed by atoms with Crippen molar-refractivity contribution < 1.29 is 22.8 Å². The highest BCUT2D eigenvalue weighted by Crippen LogP contribution is 2.31. The molecule has 2 aromatic rings. The summed E-state index contributed by atoms with van der Waals surface area (Å²) in [4.78, 5) is 46.6. The van der Waals surface area contributed by atoms with Gasteiger partial charge in [-0.25, -0.2) is 13.4 Å². The smallest absolute Gasteiger partial charge is 0.239 e. The number of hydrogen-bond donors (Lipinski definition) is 1. The van der Waals surface area contributed by atoms with E-state index in [2.05, 4.69) is 4.72 Å². The predicted molar refractivity (Wildman–Crippen MR) is 150 cm³/mol. The summed E-state index contributed by atoms with van der Waals surface area (Å²) in [6, 6.07) is 10.4. The van der Waals surface area contributed by atoms with Gasteiger partial charge >= 0.3 is 0 Å². The zero-order valence-electron chi connectivity index (χ0n) is 22.2. The molecule has 2 saturated heterocycles. The molecule has 3 heterocycles. The van der Waals surface area contributed by atoms with Gasteiger partial charge in [-0.3, -0.25) is 19.1 Å². The molecule has 2 aliphatic heterocycles. The minimum absolute atomic E-state index is 0.0509. The van der Waals surface area contributed by atoms with E-state index in [1.54, 1.807) is 41.3 Å². The number of nitrogens with one attached hydrogen (secondary N) is 1. The third kappa shape index (κ3) is 7.57. The normalized spacial score (nSPS) is 16.8. The molecule has 1 aromatic heterocycles. The number of ketones is 1. The van der Waals surface area contributed by atoms with Crippen LogP contribution in [-0.4, -0.2) is 55.5 Å². The first kappa shape index (κ1) is 29.0. The van der Waals surface area contributed by atoms with Crippen LogP contribution in [0.5, 0.6) is 0 Å². The van der Waals surface area contributed by atoms with Crippen molar-refractivity contribution in [1.29, 1.82) is 0 Å². The maximum Gasteiger partial charge on any atom is 0.239 e. The van der Waals surface area contributed by atoms with Crippen molar-refractivity contribution in [2.24, 2.45) is 5.92 Å². The second-order valence-electron chi connectivity index (χ2n) is 10.2. The lowest BCUT2D eigenvalue weighted by Crippen LogP contribution is -2.43. The minimum atomic E-state index is -3.81. The van der Waals surface area contributed by atoms with E-state index in [0.717, 1.165) is 12.8 Å². The first-order valence-corrected chi connectivity index (χ1v) is 15.5. The first-order valence-electron chi connectivity index (χ1n) is 13.5. The Morgan fingerprint density at radius 2 is 1.82 bits per heavy atom. The van der Waals surface area contributed by atoms with Gasteiger partial charge in [0.1, 0.15) is 5.82 Å². The van der Waals surface area contributed by atoms with Crippen LogP contribution in [0.25, 0.3) is 0 Å². The lowest BCUT2D eigenvalue weighted by atomic mass is 9.96. The molecule has 0 radical (unpaired) electrons. The van der Waals surface area contributed by atoms with E-state index >= 15 is 0 Å². The number of carbonyl (C=O) groups is 3. The van der Waals surface area contributed by atoms with Crippen LogP contribution < -0.4 is 9.62 Å². The van der Waals surface area contributed by atoms with E-state index in [-0.39, 0.29) is 24.0 Å². The zero-order valence-corrected chi connectivity index (χ0v) is 23.8. The molecule has 2 amide bonds. The number of rotatable bonds is 10. The SMILES string of the molecule is CCCC(=O)c1cc(Cl)c(N2CCC(C(=O)NS(=O)(=O)Cc3ccccc3)CC2)nc1CN1CCCCC1=O. The molecule has 0 spiro atoms. The number of halogens is 1. The van der Waals surface area contributed by atoms with E-state index in [1.165, 1.54) is 0 Å². The van der Waals surface area contributed by atoms with Crippen LogP contribution in [0, 0.1) is 5.92 Å². The number of carbonyl (C=O) groups excluding carboxylic acids is 3. The summed E-state index contributed by atoms with van der Waals surface area (Å²) in [5, 5.41) is 0.344. The summed E-state index contributed by atoms with van der Waals surface area (Å²) >= 11 is 6.62. The van der Waals surface area contributed by atoms with Crippen molar-refractivity contribution in [1.82, 2.24) is 14.6 Å². The molecule has 0 unspecified atom stereocenters. The van der Waals surface area contributed by atoms with Crippen molar-refractivity contribution >= 4 is 45.0 Å². The fourth-order valence-electron chi connectivity index (χ4n) is 5.09. The number of anilines is 1. The fraction of sp³-hybridized carbons (Fsp3) is 0.500. The molecule has 0 atom stereocenters. The summed E-state index contributed by atoms with van der Waals surface area (Å²) < 4.78 is 27.3. The molecule has 1 aromatic carbocycles. The summed E-state index contributed by atoms with van der Waals surface area (Å²) in [6.07, 6.45) is 4.20. The zero-order chi connectivity index (χ0) is 28.0. The molecule has 2 fully saturated rings. The monoisotopic (exact) mass is 574 g/mol. The van der Waals surface area contributed by atoms with Crippen LogP contribution in [0.3, 0.4) is 0 Å². The number of likely N-dealkylation sites (tertiary alicyclic amines) is 1. The molecule has 4 rings (SSSR count). The Morgan fingerprint density at radius 1 is 1.10 bits per heavy atom. The Kier molecular flexibility index (Phi) is 9.61. The molecule has 210 valence electrons. The molecule has 39 heavy (non-hydrogen) atoms. The highest BCUT2D eigenvalue weighted by atomic mass is 35.5. The molecule has 9 nitrogen and oxygen atoms in total. The van der Waals surface area contributed by atoms with E-state index < -0.39 is 21.8 Å². The lowest BCUT2D eigenvalue weighted by molar-refractivity contribution is -0.134. The van der Waals surface area contributed by atoms with Crippen LogP contribution in [-0.2, 0) is 31.9 Å². The molecule has 11 heteroatoms. The quantitative estimate of drug-likeness (QED) is 0.425. The highest BCUT2D eigenvalue weighted by molar-refractivity contribution is 7.89. The van der Waals surface area contributed by atoms with Gasteiger partial charge in [0.05, 0.1) is 23.0 Å². The van der Waals surface area contributed by atoms with Gasteiger partial charge in [0.2, 0.25) is 21.8 Å². The van der Waals surface area contributed by atoms with Gasteiger partial charge in [-0.15, -0.1) is 0 Å². The molecule has 0 aliphatic carbocycles. The number of hydrogen-bond acceptors (Lipinski definition) is 7. The number of aromatic nitrogens is 1. The predicted octanol–water partition coefficient (Wildman–Crippen LogP) is 4.09. The number of benzene rings is 1. The van der Waals surface area contributed by atoms with Crippen molar-refractivity contribution in [2.75, 3.05) is 24.5 Å². The van der Waals surface area contributed by atoms with Gasteiger partial charge in [-0.1, -0.05) is 48.9 Å². The topological polar surface area (TPSA) is 117 Å². The minimum Gasteiger partial charge on any atom is -0.355 e. The molecular weight excluding hydrogens is 540 g/mol. The van der Waals surface area contributed by atoms with Gasteiger partial charge in [0.25, 0.3) is 0 Å². The Labute approximate surface area is 235 Å². The number of sulfonamides is 1. The van der Waals surface area contributed by atoms with E-state index in [1.807, 2.05) is 11.8 Å². The van der Waals surface area contributed by atoms with Gasteiger partial charge in [-0.05, 0) is 43.7 Å². The van der Waals surface area contributed by atoms with Crippen molar-refractivity contribution in [3.8, 4) is 0 Å². The van der Waals surface area contributed by atoms with Gasteiger partial charge in [0, 0.05) is 44.0 Å². The van der Waals surface area contributed by atoms with Crippen LogP contribution in [0.2, 0.25) is 5.02 Å². The summed E-state index contributed by atoms with van der Waals surface area (Å²) in [5.41, 5.74) is 1.59. The fourth-order valence-corrected chi connectivity index (χ4v) is 6.54. The first-order chi connectivity index (χ1) is 18.7. The Bertz CT molecular complexity index is 1310. The maximum absolute atomic E-state index is 12.9.